The highest BCUT2D eigenvalue weighted by Gasteiger charge is 2.25. The van der Waals surface area contributed by atoms with Crippen LogP contribution < -0.4 is 11.3 Å². The smallest absolute Gasteiger partial charge is 0.273 e. The van der Waals surface area contributed by atoms with Gasteiger partial charge >= 0.3 is 0 Å². The lowest BCUT2D eigenvalue weighted by molar-refractivity contribution is 0.585. The Balaban J connectivity index is 0.00000208. The van der Waals surface area contributed by atoms with E-state index in [-0.39, 0.29) is 53.5 Å². The molecule has 124 valence electrons. The van der Waals surface area contributed by atoms with Gasteiger partial charge in [-0.2, -0.15) is 0 Å². The lowest BCUT2D eigenvalue weighted by Crippen LogP contribution is -2.16. The van der Waals surface area contributed by atoms with Gasteiger partial charge in [0.05, 0.1) is 24.2 Å². The molecular formula is C15H12ClF2N5O. The zero-order valence-electron chi connectivity index (χ0n) is 12.2. The Kier molecular flexibility index (Phi) is 4.97. The first-order valence-corrected chi connectivity index (χ1v) is 6.72. The molecule has 0 saturated heterocycles. The summed E-state index contributed by atoms with van der Waals surface area (Å²) in [4.78, 5) is 21.8. The van der Waals surface area contributed by atoms with E-state index in [4.69, 9.17) is 12.3 Å². The second kappa shape index (κ2) is 6.78. The van der Waals surface area contributed by atoms with Crippen LogP contribution in [0, 0.1) is 18.2 Å². The quantitative estimate of drug-likeness (QED) is 0.712. The molecule has 0 aliphatic carbocycles. The number of aromatic amines is 1. The molecule has 3 N–H and O–H groups in total. The van der Waals surface area contributed by atoms with Gasteiger partial charge in [-0.15, -0.1) is 12.4 Å². The molecule has 0 amide bonds. The highest BCUT2D eigenvalue weighted by Crippen LogP contribution is 2.40. The summed E-state index contributed by atoms with van der Waals surface area (Å²) >= 11 is 0. The van der Waals surface area contributed by atoms with Gasteiger partial charge in [0.2, 0.25) is 5.69 Å². The number of aromatic nitrogens is 3. The van der Waals surface area contributed by atoms with E-state index in [0.29, 0.717) is 0 Å². The zero-order chi connectivity index (χ0) is 16.6. The van der Waals surface area contributed by atoms with Crippen LogP contribution in [0.2, 0.25) is 0 Å². The van der Waals surface area contributed by atoms with Gasteiger partial charge in [0.25, 0.3) is 5.56 Å². The third-order valence-corrected chi connectivity index (χ3v) is 3.48. The van der Waals surface area contributed by atoms with Gasteiger partial charge in [0.15, 0.2) is 0 Å². The third kappa shape index (κ3) is 2.54. The SMILES string of the molecule is Cl.[C-]#[N+]c1c(-c2c(F)cccc2F)n(CCN)c2c(=O)[nH]cnc12. The minimum absolute atomic E-state index is 0. The van der Waals surface area contributed by atoms with E-state index in [1.54, 1.807) is 0 Å². The van der Waals surface area contributed by atoms with Crippen molar-refractivity contribution in [2.75, 3.05) is 6.54 Å². The van der Waals surface area contributed by atoms with E-state index in [0.717, 1.165) is 18.5 Å². The fourth-order valence-corrected chi connectivity index (χ4v) is 2.60. The molecule has 0 atom stereocenters. The molecule has 1 aromatic carbocycles. The Morgan fingerprint density at radius 2 is 2.00 bits per heavy atom. The Morgan fingerprint density at radius 3 is 2.58 bits per heavy atom. The summed E-state index contributed by atoms with van der Waals surface area (Å²) in [6.07, 6.45) is 1.15. The second-order valence-corrected chi connectivity index (χ2v) is 4.77. The molecule has 0 unspecified atom stereocenters. The van der Waals surface area contributed by atoms with Gasteiger partial charge in [-0.3, -0.25) is 4.79 Å². The van der Waals surface area contributed by atoms with E-state index in [2.05, 4.69) is 14.8 Å². The predicted octanol–water partition coefficient (Wildman–Crippen LogP) is 2.60. The topological polar surface area (TPSA) is 81.1 Å². The molecule has 24 heavy (non-hydrogen) atoms. The molecule has 2 heterocycles. The number of nitrogens with one attached hydrogen (secondary N) is 1. The number of fused-ring (bicyclic) bond motifs is 1. The first kappa shape index (κ1) is 17.6. The molecule has 0 saturated carbocycles. The van der Waals surface area contributed by atoms with E-state index >= 15 is 0 Å². The Hall–Kier alpha value is -2.76. The van der Waals surface area contributed by atoms with Crippen LogP contribution in [0.15, 0.2) is 29.3 Å². The molecule has 0 aliphatic heterocycles. The molecule has 9 heteroatoms. The molecule has 3 aromatic rings. The first-order chi connectivity index (χ1) is 11.1. The average molecular weight is 352 g/mol. The Morgan fingerprint density at radius 1 is 1.33 bits per heavy atom. The number of halogens is 3. The van der Waals surface area contributed by atoms with Crippen molar-refractivity contribution in [2.45, 2.75) is 6.54 Å². The van der Waals surface area contributed by atoms with Crippen LogP contribution in [0.25, 0.3) is 27.1 Å². The van der Waals surface area contributed by atoms with Crippen molar-refractivity contribution in [1.82, 2.24) is 14.5 Å². The maximum Gasteiger partial charge on any atom is 0.273 e. The summed E-state index contributed by atoms with van der Waals surface area (Å²) < 4.78 is 29.8. The maximum absolute atomic E-state index is 14.2. The summed E-state index contributed by atoms with van der Waals surface area (Å²) in [5.74, 6) is -1.65. The summed E-state index contributed by atoms with van der Waals surface area (Å²) in [6.45, 7) is 7.59. The van der Waals surface area contributed by atoms with Crippen LogP contribution >= 0.6 is 12.4 Å². The molecule has 0 aliphatic rings. The van der Waals surface area contributed by atoms with Gasteiger partial charge in [0, 0.05) is 13.1 Å². The standard InChI is InChI=1S/C15H11F2N5O.ClH/c1-19-11-12-14(15(23)21-7-20-12)22(6-5-18)13(11)10-8(16)3-2-4-9(10)17;/h2-4,7H,5-6,18H2,(H,20,21,23);1H. The fraction of sp³-hybridized carbons (Fsp3) is 0.133. The predicted molar refractivity (Wildman–Crippen MR) is 88.3 cm³/mol. The summed E-state index contributed by atoms with van der Waals surface area (Å²) in [5.41, 5.74) is 4.74. The summed E-state index contributed by atoms with van der Waals surface area (Å²) in [7, 11) is 0. The lowest BCUT2D eigenvalue weighted by Gasteiger charge is -2.11. The summed E-state index contributed by atoms with van der Waals surface area (Å²) in [5, 5.41) is 0. The number of H-pyrrole nitrogens is 1. The molecule has 0 radical (unpaired) electrons. The van der Waals surface area contributed by atoms with Crippen LogP contribution in [0.3, 0.4) is 0 Å². The minimum atomic E-state index is -0.826. The lowest BCUT2D eigenvalue weighted by atomic mass is 10.1. The van der Waals surface area contributed by atoms with Crippen molar-refractivity contribution in [3.8, 4) is 11.3 Å². The summed E-state index contributed by atoms with van der Waals surface area (Å²) in [6, 6.07) is 3.41. The molecule has 2 aromatic heterocycles. The van der Waals surface area contributed by atoms with E-state index in [1.807, 2.05) is 0 Å². The van der Waals surface area contributed by atoms with Crippen molar-refractivity contribution in [3.63, 3.8) is 0 Å². The van der Waals surface area contributed by atoms with Crippen LogP contribution in [0.5, 0.6) is 0 Å². The Bertz CT molecular complexity index is 985. The first-order valence-electron chi connectivity index (χ1n) is 6.72. The van der Waals surface area contributed by atoms with Crippen molar-refractivity contribution in [1.29, 1.82) is 0 Å². The Labute approximate surface area is 141 Å². The van der Waals surface area contributed by atoms with Gasteiger partial charge in [-0.25, -0.2) is 18.6 Å². The second-order valence-electron chi connectivity index (χ2n) is 4.77. The number of benzene rings is 1. The molecule has 0 spiro atoms. The van der Waals surface area contributed by atoms with Gasteiger partial charge in [0.1, 0.15) is 22.7 Å². The van der Waals surface area contributed by atoms with Gasteiger partial charge < -0.3 is 15.3 Å². The number of rotatable bonds is 3. The van der Waals surface area contributed by atoms with E-state index in [9.17, 15) is 13.6 Å². The number of nitrogens with two attached hydrogens (primary N) is 1. The molecular weight excluding hydrogens is 340 g/mol. The van der Waals surface area contributed by atoms with Crippen LogP contribution in [0.4, 0.5) is 14.5 Å². The monoisotopic (exact) mass is 351 g/mol. The molecule has 6 nitrogen and oxygen atoms in total. The van der Waals surface area contributed by atoms with Gasteiger partial charge in [-0.05, 0) is 12.1 Å². The molecule has 3 rings (SSSR count). The van der Waals surface area contributed by atoms with Crippen molar-refractivity contribution in [2.24, 2.45) is 5.73 Å². The van der Waals surface area contributed by atoms with Crippen molar-refractivity contribution < 1.29 is 8.78 Å². The highest BCUT2D eigenvalue weighted by molar-refractivity contribution is 5.99. The van der Waals surface area contributed by atoms with E-state index < -0.39 is 17.2 Å². The molecule has 0 fully saturated rings. The molecule has 0 bridgehead atoms. The normalized spacial score (nSPS) is 10.4. The van der Waals surface area contributed by atoms with E-state index in [1.165, 1.54) is 10.6 Å². The van der Waals surface area contributed by atoms with Crippen molar-refractivity contribution in [3.05, 3.63) is 57.9 Å². The minimum Gasteiger partial charge on any atom is -0.344 e. The number of hydrogen-bond acceptors (Lipinski definition) is 3. The zero-order valence-corrected chi connectivity index (χ0v) is 13.0. The van der Waals surface area contributed by atoms with Crippen LogP contribution in [-0.4, -0.2) is 21.1 Å². The van der Waals surface area contributed by atoms with Crippen LogP contribution in [0.1, 0.15) is 0 Å². The largest absolute Gasteiger partial charge is 0.344 e. The fourth-order valence-electron chi connectivity index (χ4n) is 2.60. The van der Waals surface area contributed by atoms with Crippen LogP contribution in [-0.2, 0) is 6.54 Å². The number of nitrogens with zero attached hydrogens (tertiary/aromatic N) is 3. The van der Waals surface area contributed by atoms with Crippen molar-refractivity contribution >= 4 is 29.1 Å². The number of hydrogen-bond donors (Lipinski definition) is 2. The maximum atomic E-state index is 14.2. The third-order valence-electron chi connectivity index (χ3n) is 3.48. The van der Waals surface area contributed by atoms with Gasteiger partial charge in [-0.1, -0.05) is 6.07 Å². The average Bonchev–Trinajstić information content (AvgIpc) is 2.83. The highest BCUT2D eigenvalue weighted by atomic mass is 35.5.